The molecule has 1 aliphatic heterocycles. The van der Waals surface area contributed by atoms with Crippen LogP contribution in [0.4, 0.5) is 0 Å². The summed E-state index contributed by atoms with van der Waals surface area (Å²) in [5.74, 6) is 0.737. The quantitative estimate of drug-likeness (QED) is 0.439. The van der Waals surface area contributed by atoms with Crippen LogP contribution in [0.2, 0.25) is 0 Å². The minimum atomic E-state index is -1.39. The third-order valence-corrected chi connectivity index (χ3v) is 5.69. The highest BCUT2D eigenvalue weighted by molar-refractivity contribution is 5.52. The molecule has 156 valence electrons. The minimum Gasteiger partial charge on any atom is -0.504 e. The molecule has 1 saturated heterocycles. The predicted molar refractivity (Wildman–Crippen MR) is 105 cm³/mol. The molecular formula is C22H32O6. The second-order valence-corrected chi connectivity index (χ2v) is 8.15. The van der Waals surface area contributed by atoms with Crippen molar-refractivity contribution in [2.45, 2.75) is 82.9 Å². The number of phenols is 1. The summed E-state index contributed by atoms with van der Waals surface area (Å²) in [6.45, 7) is 4.09. The molecule has 2 aliphatic rings. The zero-order valence-corrected chi connectivity index (χ0v) is 16.7. The van der Waals surface area contributed by atoms with Crippen LogP contribution in [0.25, 0.3) is 0 Å². The third-order valence-electron chi connectivity index (χ3n) is 5.69. The summed E-state index contributed by atoms with van der Waals surface area (Å²) in [5, 5.41) is 40.0. The van der Waals surface area contributed by atoms with Gasteiger partial charge in [0.2, 0.25) is 6.29 Å². The monoisotopic (exact) mass is 392 g/mol. The van der Waals surface area contributed by atoms with E-state index in [9.17, 15) is 20.4 Å². The van der Waals surface area contributed by atoms with Crippen molar-refractivity contribution in [3.8, 4) is 11.5 Å². The highest BCUT2D eigenvalue weighted by atomic mass is 16.7. The first-order valence-corrected chi connectivity index (χ1v) is 10.2. The van der Waals surface area contributed by atoms with Gasteiger partial charge in [-0.2, -0.15) is 0 Å². The number of aromatic hydroxyl groups is 1. The van der Waals surface area contributed by atoms with Gasteiger partial charge in [-0.25, -0.2) is 0 Å². The van der Waals surface area contributed by atoms with Crippen molar-refractivity contribution in [2.24, 2.45) is 0 Å². The maximum atomic E-state index is 10.4. The first kappa shape index (κ1) is 21.1. The van der Waals surface area contributed by atoms with Crippen molar-refractivity contribution in [1.82, 2.24) is 0 Å². The van der Waals surface area contributed by atoms with E-state index in [4.69, 9.17) is 9.47 Å². The van der Waals surface area contributed by atoms with Crippen LogP contribution in [0.1, 0.15) is 63.0 Å². The van der Waals surface area contributed by atoms with Crippen LogP contribution in [-0.2, 0) is 11.2 Å². The molecule has 0 saturated carbocycles. The highest BCUT2D eigenvalue weighted by Crippen LogP contribution is 2.44. The lowest BCUT2D eigenvalue weighted by molar-refractivity contribution is -0.242. The van der Waals surface area contributed by atoms with E-state index in [2.05, 4.69) is 19.9 Å². The second-order valence-electron chi connectivity index (χ2n) is 8.15. The molecule has 4 N–H and O–H groups in total. The number of fused-ring (bicyclic) bond motifs is 1. The molecule has 0 spiro atoms. The van der Waals surface area contributed by atoms with Crippen LogP contribution in [0, 0.1) is 0 Å². The van der Waals surface area contributed by atoms with E-state index in [1.54, 1.807) is 6.07 Å². The third kappa shape index (κ3) is 4.69. The van der Waals surface area contributed by atoms with Crippen LogP contribution >= 0.6 is 0 Å². The van der Waals surface area contributed by atoms with Gasteiger partial charge in [-0.1, -0.05) is 17.7 Å². The zero-order valence-electron chi connectivity index (χ0n) is 16.7. The van der Waals surface area contributed by atoms with Gasteiger partial charge in [-0.3, -0.25) is 0 Å². The Bertz CT molecular complexity index is 697. The minimum absolute atomic E-state index is 0.000327. The number of allylic oxidation sites excluding steroid dienone is 2. The van der Waals surface area contributed by atoms with Gasteiger partial charge < -0.3 is 29.9 Å². The maximum Gasteiger partial charge on any atom is 0.229 e. The van der Waals surface area contributed by atoms with Crippen LogP contribution < -0.4 is 4.74 Å². The summed E-state index contributed by atoms with van der Waals surface area (Å²) in [4.78, 5) is 0. The normalized spacial score (nSPS) is 29.8. The predicted octanol–water partition coefficient (Wildman–Crippen LogP) is 2.77. The molecule has 28 heavy (non-hydrogen) atoms. The Labute approximate surface area is 166 Å². The molecule has 1 aromatic carbocycles. The topological polar surface area (TPSA) is 99.4 Å². The molecule has 5 atom stereocenters. The van der Waals surface area contributed by atoms with Crippen molar-refractivity contribution < 1.29 is 29.9 Å². The average Bonchev–Trinajstić information content (AvgIpc) is 2.67. The van der Waals surface area contributed by atoms with Gasteiger partial charge in [0.1, 0.15) is 18.3 Å². The highest BCUT2D eigenvalue weighted by Gasteiger charge is 2.40. The van der Waals surface area contributed by atoms with Crippen molar-refractivity contribution in [1.29, 1.82) is 0 Å². The molecule has 1 unspecified atom stereocenters. The van der Waals surface area contributed by atoms with Crippen molar-refractivity contribution in [3.05, 3.63) is 34.9 Å². The van der Waals surface area contributed by atoms with Gasteiger partial charge in [0.15, 0.2) is 11.5 Å². The molecule has 1 aliphatic carbocycles. The van der Waals surface area contributed by atoms with Crippen molar-refractivity contribution in [2.75, 3.05) is 6.61 Å². The van der Waals surface area contributed by atoms with E-state index >= 15 is 0 Å². The van der Waals surface area contributed by atoms with E-state index in [1.165, 1.54) is 11.1 Å². The number of unbranched alkanes of at least 4 members (excludes halogenated alkanes) is 1. The average molecular weight is 392 g/mol. The molecule has 6 nitrogen and oxygen atoms in total. The van der Waals surface area contributed by atoms with E-state index in [1.807, 2.05) is 6.07 Å². The Morgan fingerprint density at radius 1 is 1.21 bits per heavy atom. The second kappa shape index (κ2) is 9.27. The molecule has 6 heteroatoms. The van der Waals surface area contributed by atoms with Gasteiger partial charge in [0, 0.05) is 5.56 Å². The Morgan fingerprint density at radius 2 is 2.00 bits per heavy atom. The van der Waals surface area contributed by atoms with Gasteiger partial charge in [0.25, 0.3) is 0 Å². The van der Waals surface area contributed by atoms with Crippen molar-refractivity contribution in [3.63, 3.8) is 0 Å². The number of hydrogen-bond donors (Lipinski definition) is 4. The SMILES string of the molecule is CC(C)=CCCCC1CCCc2c1ccc(O)c2O[C@@H]1OC[C@@H](O)[C@H](O)[C@H]1O. The zero-order chi connectivity index (χ0) is 20.3. The Balaban J connectivity index is 1.76. The van der Waals surface area contributed by atoms with Crippen LogP contribution in [0.5, 0.6) is 11.5 Å². The number of benzene rings is 1. The molecule has 0 aromatic heterocycles. The summed E-state index contributed by atoms with van der Waals surface area (Å²) in [7, 11) is 0. The number of ether oxygens (including phenoxy) is 2. The standard InChI is InChI=1S/C22H32O6/c1-13(2)6-3-4-7-14-8-5-9-16-15(14)10-11-17(23)21(16)28-22-20(26)19(25)18(24)12-27-22/h6,10-11,14,18-20,22-26H,3-5,7-9,12H2,1-2H3/t14?,18-,19+,20-,22+/m1/s1. The fourth-order valence-electron chi connectivity index (χ4n) is 4.14. The largest absolute Gasteiger partial charge is 0.504 e. The smallest absolute Gasteiger partial charge is 0.229 e. The Hall–Kier alpha value is -1.60. The van der Waals surface area contributed by atoms with Crippen LogP contribution in [-0.4, -0.2) is 51.6 Å². The fourth-order valence-corrected chi connectivity index (χ4v) is 4.14. The summed E-state index contributed by atoms with van der Waals surface area (Å²) in [5.41, 5.74) is 3.47. The summed E-state index contributed by atoms with van der Waals surface area (Å²) < 4.78 is 11.2. The maximum absolute atomic E-state index is 10.4. The summed E-state index contributed by atoms with van der Waals surface area (Å²) in [6, 6.07) is 3.60. The van der Waals surface area contributed by atoms with Crippen LogP contribution in [0.3, 0.4) is 0 Å². The molecule has 1 heterocycles. The van der Waals surface area contributed by atoms with Gasteiger partial charge >= 0.3 is 0 Å². The molecule has 1 fully saturated rings. The van der Waals surface area contributed by atoms with E-state index < -0.39 is 24.6 Å². The van der Waals surface area contributed by atoms with Gasteiger partial charge in [0.05, 0.1) is 6.61 Å². The van der Waals surface area contributed by atoms with E-state index in [0.717, 1.165) is 44.1 Å². The number of aliphatic hydroxyl groups is 3. The summed E-state index contributed by atoms with van der Waals surface area (Å²) in [6.07, 6.45) is 3.41. The number of rotatable bonds is 6. The Morgan fingerprint density at radius 3 is 2.75 bits per heavy atom. The lowest BCUT2D eigenvalue weighted by atomic mass is 9.79. The van der Waals surface area contributed by atoms with Gasteiger partial charge in [-0.15, -0.1) is 0 Å². The first-order valence-electron chi connectivity index (χ1n) is 10.2. The van der Waals surface area contributed by atoms with E-state index in [0.29, 0.717) is 11.7 Å². The lowest BCUT2D eigenvalue weighted by Gasteiger charge is -2.36. The molecular weight excluding hydrogens is 360 g/mol. The molecule has 0 bridgehead atoms. The fraction of sp³-hybridized carbons (Fsp3) is 0.636. The molecule has 3 rings (SSSR count). The number of hydrogen-bond acceptors (Lipinski definition) is 6. The molecule has 0 amide bonds. The van der Waals surface area contributed by atoms with Crippen molar-refractivity contribution >= 4 is 0 Å². The van der Waals surface area contributed by atoms with E-state index in [-0.39, 0.29) is 12.4 Å². The van der Waals surface area contributed by atoms with Crippen LogP contribution in [0.15, 0.2) is 23.8 Å². The number of aliphatic hydroxyl groups excluding tert-OH is 3. The van der Waals surface area contributed by atoms with Gasteiger partial charge in [-0.05, 0) is 69.9 Å². The number of phenolic OH excluding ortho intramolecular Hbond substituents is 1. The molecule has 0 radical (unpaired) electrons. The lowest BCUT2D eigenvalue weighted by Crippen LogP contribution is -2.54. The Kier molecular flexibility index (Phi) is 6.99. The molecule has 1 aromatic rings. The first-order chi connectivity index (χ1) is 13.4. The summed E-state index contributed by atoms with van der Waals surface area (Å²) >= 11 is 0.